The van der Waals surface area contributed by atoms with Gasteiger partial charge in [0.15, 0.2) is 0 Å². The van der Waals surface area contributed by atoms with Crippen LogP contribution in [0.5, 0.6) is 0 Å². The minimum Gasteiger partial charge on any atom is -0.250 e. The van der Waals surface area contributed by atoms with E-state index in [0.717, 1.165) is 0 Å². The molecule has 18 heavy (non-hydrogen) atoms. The fourth-order valence-corrected chi connectivity index (χ4v) is 1.65. The first-order valence-corrected chi connectivity index (χ1v) is 5.15. The molecule has 0 fully saturated rings. The molecular formula is C10H6ClF5N2. The summed E-state index contributed by atoms with van der Waals surface area (Å²) in [6, 6.07) is 2.09. The number of nitriles is 1. The normalized spacial score (nSPS) is 11.7. The maximum atomic E-state index is 12.8. The lowest BCUT2D eigenvalue weighted by Crippen LogP contribution is -2.15. The minimum absolute atomic E-state index is 0.536. The van der Waals surface area contributed by atoms with Crippen molar-refractivity contribution in [3.8, 4) is 6.07 Å². The summed E-state index contributed by atoms with van der Waals surface area (Å²) in [4.78, 5) is 3.19. The summed E-state index contributed by atoms with van der Waals surface area (Å²) in [6.45, 7) is 0. The summed E-state index contributed by atoms with van der Waals surface area (Å²) in [5, 5.41) is 8.44. The lowest BCUT2D eigenvalue weighted by Gasteiger charge is -2.15. The number of halogens is 6. The van der Waals surface area contributed by atoms with Gasteiger partial charge in [-0.3, -0.25) is 0 Å². The smallest absolute Gasteiger partial charge is 0.250 e. The van der Waals surface area contributed by atoms with Crippen molar-refractivity contribution in [2.75, 3.05) is 0 Å². The van der Waals surface area contributed by atoms with Crippen LogP contribution in [0.3, 0.4) is 0 Å². The summed E-state index contributed by atoms with van der Waals surface area (Å²) in [5.74, 6) is -0.659. The molecule has 98 valence electrons. The van der Waals surface area contributed by atoms with Gasteiger partial charge in [0.25, 0.3) is 6.43 Å². The minimum atomic E-state index is -4.79. The van der Waals surface area contributed by atoms with E-state index in [9.17, 15) is 22.0 Å². The highest BCUT2D eigenvalue weighted by atomic mass is 35.5. The van der Waals surface area contributed by atoms with Crippen LogP contribution in [0.15, 0.2) is 6.07 Å². The quantitative estimate of drug-likeness (QED) is 0.624. The van der Waals surface area contributed by atoms with Crippen molar-refractivity contribution in [3.05, 3.63) is 28.6 Å². The summed E-state index contributed by atoms with van der Waals surface area (Å²) >= 11 is 5.30. The zero-order valence-electron chi connectivity index (χ0n) is 8.73. The highest BCUT2D eigenvalue weighted by molar-refractivity contribution is 6.17. The van der Waals surface area contributed by atoms with Gasteiger partial charge in [-0.1, -0.05) is 0 Å². The average Bonchev–Trinajstić information content (AvgIpc) is 2.26. The molecule has 2 nitrogen and oxygen atoms in total. The van der Waals surface area contributed by atoms with E-state index < -0.39 is 47.4 Å². The van der Waals surface area contributed by atoms with Gasteiger partial charge in [-0.05, 0) is 11.6 Å². The molecule has 0 unspecified atom stereocenters. The summed E-state index contributed by atoms with van der Waals surface area (Å²) < 4.78 is 63.2. The zero-order chi connectivity index (χ0) is 13.9. The predicted octanol–water partition coefficient (Wildman–Crippen LogP) is 3.84. The van der Waals surface area contributed by atoms with Crippen LogP contribution in [0.2, 0.25) is 0 Å². The van der Waals surface area contributed by atoms with Crippen LogP contribution in [-0.2, 0) is 18.5 Å². The Morgan fingerprint density at radius 3 is 2.39 bits per heavy atom. The van der Waals surface area contributed by atoms with Gasteiger partial charge in [-0.2, -0.15) is 18.4 Å². The van der Waals surface area contributed by atoms with Crippen molar-refractivity contribution in [1.29, 1.82) is 5.26 Å². The summed E-state index contributed by atoms with van der Waals surface area (Å²) in [6.07, 6.45) is -8.45. The van der Waals surface area contributed by atoms with Crippen molar-refractivity contribution < 1.29 is 22.0 Å². The van der Waals surface area contributed by atoms with Gasteiger partial charge < -0.3 is 0 Å². The van der Waals surface area contributed by atoms with Crippen molar-refractivity contribution >= 4 is 11.6 Å². The monoisotopic (exact) mass is 284 g/mol. The molecule has 1 heterocycles. The van der Waals surface area contributed by atoms with Gasteiger partial charge in [0.2, 0.25) is 0 Å². The zero-order valence-corrected chi connectivity index (χ0v) is 9.49. The number of pyridine rings is 1. The maximum Gasteiger partial charge on any atom is 0.418 e. The van der Waals surface area contributed by atoms with E-state index in [0.29, 0.717) is 6.07 Å². The van der Waals surface area contributed by atoms with Crippen LogP contribution in [0.1, 0.15) is 28.9 Å². The molecule has 1 aromatic rings. The predicted molar refractivity (Wildman–Crippen MR) is 53.1 cm³/mol. The van der Waals surface area contributed by atoms with E-state index in [1.165, 1.54) is 6.07 Å². The van der Waals surface area contributed by atoms with Crippen molar-refractivity contribution in [2.24, 2.45) is 0 Å². The van der Waals surface area contributed by atoms with Crippen LogP contribution in [0, 0.1) is 11.3 Å². The Bertz CT molecular complexity index is 478. The molecule has 0 radical (unpaired) electrons. The highest BCUT2D eigenvalue weighted by Crippen LogP contribution is 2.36. The lowest BCUT2D eigenvalue weighted by atomic mass is 10.0. The van der Waals surface area contributed by atoms with Crippen molar-refractivity contribution in [1.82, 2.24) is 4.98 Å². The van der Waals surface area contributed by atoms with Crippen LogP contribution in [-0.4, -0.2) is 4.98 Å². The summed E-state index contributed by atoms with van der Waals surface area (Å²) in [5.41, 5.74) is -3.24. The van der Waals surface area contributed by atoms with Crippen molar-refractivity contribution in [3.63, 3.8) is 0 Å². The Morgan fingerprint density at radius 1 is 1.39 bits per heavy atom. The van der Waals surface area contributed by atoms with Gasteiger partial charge in [-0.25, -0.2) is 13.8 Å². The second kappa shape index (κ2) is 5.48. The van der Waals surface area contributed by atoms with Gasteiger partial charge in [0.05, 0.1) is 29.6 Å². The number of alkyl halides is 6. The Hall–Kier alpha value is -1.42. The van der Waals surface area contributed by atoms with Crippen LogP contribution < -0.4 is 0 Å². The molecule has 0 aliphatic carbocycles. The molecular weight excluding hydrogens is 279 g/mol. The van der Waals surface area contributed by atoms with E-state index in [4.69, 9.17) is 16.9 Å². The molecule has 0 saturated carbocycles. The fraction of sp³-hybridized carbons (Fsp3) is 0.400. The first-order valence-electron chi connectivity index (χ1n) is 4.62. The molecule has 0 amide bonds. The Morgan fingerprint density at radius 2 is 2.00 bits per heavy atom. The highest BCUT2D eigenvalue weighted by Gasteiger charge is 2.37. The first-order chi connectivity index (χ1) is 8.31. The van der Waals surface area contributed by atoms with Crippen molar-refractivity contribution in [2.45, 2.75) is 24.9 Å². The average molecular weight is 285 g/mol. The Kier molecular flexibility index (Phi) is 4.46. The molecule has 8 heteroatoms. The third kappa shape index (κ3) is 3.07. The largest absolute Gasteiger partial charge is 0.418 e. The molecule has 1 rings (SSSR count). The third-order valence-electron chi connectivity index (χ3n) is 2.10. The SMILES string of the molecule is N#CCc1cc(C(F)F)nc(CCl)c1C(F)(F)F. The van der Waals surface area contributed by atoms with Gasteiger partial charge in [0.1, 0.15) is 5.69 Å². The Balaban J connectivity index is 3.52. The third-order valence-corrected chi connectivity index (χ3v) is 2.35. The molecule has 0 aromatic carbocycles. The number of aromatic nitrogens is 1. The van der Waals surface area contributed by atoms with E-state index in [-0.39, 0.29) is 0 Å². The molecule has 0 aliphatic heterocycles. The molecule has 0 atom stereocenters. The van der Waals surface area contributed by atoms with Gasteiger partial charge >= 0.3 is 6.18 Å². The van der Waals surface area contributed by atoms with E-state index in [2.05, 4.69) is 4.98 Å². The first kappa shape index (κ1) is 14.6. The number of hydrogen-bond donors (Lipinski definition) is 0. The Labute approximate surface area is 104 Å². The molecule has 0 aliphatic rings. The summed E-state index contributed by atoms with van der Waals surface area (Å²) in [7, 11) is 0. The number of nitrogens with zero attached hydrogens (tertiary/aromatic N) is 2. The second-order valence-electron chi connectivity index (χ2n) is 3.29. The topological polar surface area (TPSA) is 36.7 Å². The van der Waals surface area contributed by atoms with E-state index in [1.807, 2.05) is 0 Å². The molecule has 0 N–H and O–H groups in total. The van der Waals surface area contributed by atoms with Crippen LogP contribution in [0.4, 0.5) is 22.0 Å². The van der Waals surface area contributed by atoms with Crippen LogP contribution in [0.25, 0.3) is 0 Å². The van der Waals surface area contributed by atoms with Crippen LogP contribution >= 0.6 is 11.6 Å². The number of hydrogen-bond acceptors (Lipinski definition) is 2. The molecule has 0 bridgehead atoms. The fourth-order valence-electron chi connectivity index (χ4n) is 1.46. The standard InChI is InChI=1S/C10H6ClF5N2/c11-4-7-8(10(14,15)16)5(1-2-17)3-6(18-7)9(12)13/h3,9H,1,4H2. The van der Waals surface area contributed by atoms with Gasteiger partial charge in [-0.15, -0.1) is 11.6 Å². The molecule has 0 spiro atoms. The lowest BCUT2D eigenvalue weighted by molar-refractivity contribution is -0.139. The molecule has 0 saturated heterocycles. The van der Waals surface area contributed by atoms with Gasteiger partial charge in [0, 0.05) is 0 Å². The maximum absolute atomic E-state index is 12.8. The molecule has 1 aromatic heterocycles. The number of rotatable bonds is 3. The second-order valence-corrected chi connectivity index (χ2v) is 3.56. The van der Waals surface area contributed by atoms with E-state index >= 15 is 0 Å². The van der Waals surface area contributed by atoms with E-state index in [1.54, 1.807) is 0 Å².